The minimum Gasteiger partial charge on any atom is -0.509 e. The van der Waals surface area contributed by atoms with Crippen molar-refractivity contribution in [1.29, 1.82) is 0 Å². The molecule has 1 N–H and O–H groups in total. The van der Waals surface area contributed by atoms with E-state index in [0.717, 1.165) is 6.08 Å². The minimum atomic E-state index is -1.75. The molecule has 0 saturated heterocycles. The van der Waals surface area contributed by atoms with E-state index in [1.54, 1.807) is 0 Å². The van der Waals surface area contributed by atoms with Crippen molar-refractivity contribution in [2.24, 2.45) is 0 Å². The Morgan fingerprint density at radius 3 is 2.85 bits per heavy atom. The van der Waals surface area contributed by atoms with Crippen LogP contribution in [0.25, 0.3) is 0 Å². The maximum Gasteiger partial charge on any atom is 0.308 e. The van der Waals surface area contributed by atoms with Crippen molar-refractivity contribution < 1.29 is 19.0 Å². The van der Waals surface area contributed by atoms with Crippen molar-refractivity contribution in [1.82, 2.24) is 0 Å². The molecule has 1 aliphatic carbocycles. The Labute approximate surface area is 75.5 Å². The van der Waals surface area contributed by atoms with E-state index in [-0.39, 0.29) is 12.2 Å². The molecule has 0 aromatic heterocycles. The van der Waals surface area contributed by atoms with Crippen LogP contribution in [0, 0.1) is 0 Å². The van der Waals surface area contributed by atoms with Gasteiger partial charge in [-0.3, -0.25) is 4.79 Å². The van der Waals surface area contributed by atoms with Gasteiger partial charge in [0, 0.05) is 19.4 Å². The quantitative estimate of drug-likeness (QED) is 0.637. The van der Waals surface area contributed by atoms with Crippen LogP contribution in [-0.4, -0.2) is 16.7 Å². The van der Waals surface area contributed by atoms with Gasteiger partial charge < -0.3 is 9.84 Å². The van der Waals surface area contributed by atoms with Crippen LogP contribution in [0.4, 0.5) is 4.39 Å². The molecule has 4 heteroatoms. The molecule has 13 heavy (non-hydrogen) atoms. The number of ether oxygens (including phenoxy) is 1. The smallest absolute Gasteiger partial charge is 0.308 e. The van der Waals surface area contributed by atoms with Crippen LogP contribution in [0.5, 0.6) is 0 Å². The fourth-order valence-electron chi connectivity index (χ4n) is 0.978. The second-order valence-electron chi connectivity index (χ2n) is 3.13. The number of allylic oxidation sites excluding steroid dienone is 3. The van der Waals surface area contributed by atoms with Crippen LogP contribution in [0.2, 0.25) is 0 Å². The second kappa shape index (κ2) is 3.20. The Hall–Kier alpha value is -1.32. The molecule has 3 nitrogen and oxygen atoms in total. The highest BCUT2D eigenvalue weighted by molar-refractivity contribution is 5.67. The molecule has 1 rings (SSSR count). The molecule has 0 spiro atoms. The van der Waals surface area contributed by atoms with Crippen LogP contribution in [0.1, 0.15) is 20.3 Å². The Balaban J connectivity index is 2.76. The molecular formula is C9H11FO3. The van der Waals surface area contributed by atoms with E-state index >= 15 is 0 Å². The zero-order chi connectivity index (χ0) is 10.1. The SMILES string of the molecule is CC(=O)OC1=CCC(C)(F)C(O)=C1. The summed E-state index contributed by atoms with van der Waals surface area (Å²) in [5, 5.41) is 9.17. The van der Waals surface area contributed by atoms with Crippen LogP contribution in [0.3, 0.4) is 0 Å². The van der Waals surface area contributed by atoms with Gasteiger partial charge in [-0.25, -0.2) is 4.39 Å². The van der Waals surface area contributed by atoms with Gasteiger partial charge in [0.1, 0.15) is 11.5 Å². The minimum absolute atomic E-state index is 0.0119. The van der Waals surface area contributed by atoms with E-state index < -0.39 is 17.4 Å². The summed E-state index contributed by atoms with van der Waals surface area (Å²) >= 11 is 0. The standard InChI is InChI=1S/C9H11FO3/c1-6(11)13-7-3-4-9(2,10)8(12)5-7/h3,5,12H,4H2,1-2H3. The number of rotatable bonds is 1. The number of hydrogen-bond acceptors (Lipinski definition) is 3. The predicted octanol–water partition coefficient (Wildman–Crippen LogP) is 2.01. The number of alkyl halides is 1. The largest absolute Gasteiger partial charge is 0.509 e. The van der Waals surface area contributed by atoms with E-state index in [0.29, 0.717) is 0 Å². The molecule has 0 radical (unpaired) electrons. The monoisotopic (exact) mass is 186 g/mol. The van der Waals surface area contributed by atoms with E-state index in [1.165, 1.54) is 19.9 Å². The summed E-state index contributed by atoms with van der Waals surface area (Å²) in [6, 6.07) is 0. The van der Waals surface area contributed by atoms with Crippen LogP contribution in [-0.2, 0) is 9.53 Å². The van der Waals surface area contributed by atoms with Gasteiger partial charge in [0.25, 0.3) is 0 Å². The zero-order valence-corrected chi connectivity index (χ0v) is 7.50. The topological polar surface area (TPSA) is 46.5 Å². The molecule has 72 valence electrons. The highest BCUT2D eigenvalue weighted by atomic mass is 19.1. The molecule has 1 atom stereocenters. The Morgan fingerprint density at radius 1 is 1.77 bits per heavy atom. The van der Waals surface area contributed by atoms with Crippen molar-refractivity contribution in [3.63, 3.8) is 0 Å². The van der Waals surface area contributed by atoms with E-state index in [9.17, 15) is 14.3 Å². The molecule has 1 unspecified atom stereocenters. The van der Waals surface area contributed by atoms with Crippen molar-refractivity contribution in [3.05, 3.63) is 23.7 Å². The zero-order valence-electron chi connectivity index (χ0n) is 7.50. The molecule has 0 bridgehead atoms. The average molecular weight is 186 g/mol. The fourth-order valence-corrected chi connectivity index (χ4v) is 0.978. The summed E-state index contributed by atoms with van der Waals surface area (Å²) in [7, 11) is 0. The first-order valence-electron chi connectivity index (χ1n) is 3.90. The summed E-state index contributed by atoms with van der Waals surface area (Å²) in [6.45, 7) is 2.51. The fraction of sp³-hybridized carbons (Fsp3) is 0.444. The summed E-state index contributed by atoms with van der Waals surface area (Å²) in [5.74, 6) is -0.705. The van der Waals surface area contributed by atoms with Crippen molar-refractivity contribution in [2.75, 3.05) is 0 Å². The first-order valence-corrected chi connectivity index (χ1v) is 3.90. The van der Waals surface area contributed by atoms with E-state index in [4.69, 9.17) is 0 Å². The molecule has 0 amide bonds. The lowest BCUT2D eigenvalue weighted by atomic mass is 9.97. The predicted molar refractivity (Wildman–Crippen MR) is 44.7 cm³/mol. The third-order valence-electron chi connectivity index (χ3n) is 1.76. The average Bonchev–Trinajstić information content (AvgIpc) is 1.97. The van der Waals surface area contributed by atoms with Gasteiger partial charge in [-0.15, -0.1) is 0 Å². The molecule has 1 aliphatic rings. The lowest BCUT2D eigenvalue weighted by molar-refractivity contribution is -0.136. The van der Waals surface area contributed by atoms with Crippen molar-refractivity contribution >= 4 is 5.97 Å². The number of aliphatic hydroxyl groups excluding tert-OH is 1. The molecule has 0 saturated carbocycles. The number of aliphatic hydroxyl groups is 1. The van der Waals surface area contributed by atoms with Crippen molar-refractivity contribution in [3.8, 4) is 0 Å². The molecular weight excluding hydrogens is 175 g/mol. The second-order valence-corrected chi connectivity index (χ2v) is 3.13. The van der Waals surface area contributed by atoms with Gasteiger partial charge in [0.15, 0.2) is 5.67 Å². The first kappa shape index (κ1) is 9.77. The molecule has 0 aromatic rings. The molecule has 0 aromatic carbocycles. The molecule has 0 fully saturated rings. The normalized spacial score (nSPS) is 27.6. The van der Waals surface area contributed by atoms with Gasteiger partial charge in [0.05, 0.1) is 0 Å². The molecule has 0 heterocycles. The number of carbonyl (C=O) groups excluding carboxylic acids is 1. The number of carbonyl (C=O) groups is 1. The summed E-state index contributed by atoms with van der Waals surface area (Å²) in [4.78, 5) is 10.5. The summed E-state index contributed by atoms with van der Waals surface area (Å²) in [5.41, 5.74) is -1.75. The lowest BCUT2D eigenvalue weighted by Crippen LogP contribution is -2.23. The van der Waals surface area contributed by atoms with E-state index in [2.05, 4.69) is 4.74 Å². The third kappa shape index (κ3) is 2.31. The maximum atomic E-state index is 13.3. The van der Waals surface area contributed by atoms with Gasteiger partial charge in [-0.1, -0.05) is 0 Å². The Morgan fingerprint density at radius 2 is 2.38 bits per heavy atom. The van der Waals surface area contributed by atoms with Crippen LogP contribution < -0.4 is 0 Å². The number of hydrogen-bond donors (Lipinski definition) is 1. The Bertz CT molecular complexity index is 289. The van der Waals surface area contributed by atoms with Gasteiger partial charge >= 0.3 is 5.97 Å². The van der Waals surface area contributed by atoms with Gasteiger partial charge in [0.2, 0.25) is 0 Å². The van der Waals surface area contributed by atoms with Gasteiger partial charge in [-0.2, -0.15) is 0 Å². The highest BCUT2D eigenvalue weighted by Gasteiger charge is 2.31. The molecule has 0 aliphatic heterocycles. The maximum absolute atomic E-state index is 13.3. The number of halogens is 1. The van der Waals surface area contributed by atoms with Crippen LogP contribution in [0.15, 0.2) is 23.7 Å². The highest BCUT2D eigenvalue weighted by Crippen LogP contribution is 2.29. The van der Waals surface area contributed by atoms with E-state index in [1.807, 2.05) is 0 Å². The van der Waals surface area contributed by atoms with Crippen LogP contribution >= 0.6 is 0 Å². The van der Waals surface area contributed by atoms with Crippen molar-refractivity contribution in [2.45, 2.75) is 25.9 Å². The summed E-state index contributed by atoms with van der Waals surface area (Å²) in [6.07, 6.45) is 2.56. The Kier molecular flexibility index (Phi) is 2.40. The third-order valence-corrected chi connectivity index (χ3v) is 1.76. The van der Waals surface area contributed by atoms with Gasteiger partial charge in [-0.05, 0) is 13.0 Å². The number of esters is 1. The first-order chi connectivity index (χ1) is 5.92. The summed E-state index contributed by atoms with van der Waals surface area (Å²) < 4.78 is 17.9. The lowest BCUT2D eigenvalue weighted by Gasteiger charge is -2.21.